The van der Waals surface area contributed by atoms with Crippen LogP contribution in [-0.2, 0) is 0 Å². The third-order valence-electron chi connectivity index (χ3n) is 4.60. The van der Waals surface area contributed by atoms with Crippen LogP contribution in [0, 0.1) is 6.92 Å². The second-order valence-corrected chi connectivity index (χ2v) is 6.86. The predicted molar refractivity (Wildman–Crippen MR) is 97.5 cm³/mol. The Balaban J connectivity index is 1.43. The molecule has 0 atom stereocenters. The molecule has 1 saturated carbocycles. The summed E-state index contributed by atoms with van der Waals surface area (Å²) in [5.41, 5.74) is 2.61. The Morgan fingerprint density at radius 2 is 2.12 bits per heavy atom. The zero-order chi connectivity index (χ0) is 18.3. The van der Waals surface area contributed by atoms with Gasteiger partial charge in [0.25, 0.3) is 5.91 Å². The molecule has 3 aromatic rings. The average Bonchev–Trinajstić information content (AvgIpc) is 2.93. The van der Waals surface area contributed by atoms with Crippen molar-refractivity contribution in [3.05, 3.63) is 46.8 Å². The lowest BCUT2D eigenvalue weighted by molar-refractivity contribution is 0.0903. The quantitative estimate of drug-likeness (QED) is 0.729. The first-order valence-electron chi connectivity index (χ1n) is 8.36. The highest BCUT2D eigenvalue weighted by Gasteiger charge is 2.33. The Labute approximate surface area is 155 Å². The molecule has 1 amide bonds. The topological polar surface area (TPSA) is 97.1 Å². The van der Waals surface area contributed by atoms with Crippen molar-refractivity contribution in [1.29, 1.82) is 0 Å². The smallest absolute Gasteiger partial charge is 0.273 e. The number of fused-ring (bicyclic) bond motifs is 1. The highest BCUT2D eigenvalue weighted by molar-refractivity contribution is 6.36. The highest BCUT2D eigenvalue weighted by Crippen LogP contribution is 2.36. The largest absolute Gasteiger partial charge is 0.373 e. The number of hydrogen-bond acceptors (Lipinski definition) is 6. The second kappa shape index (κ2) is 6.53. The van der Waals surface area contributed by atoms with Crippen molar-refractivity contribution in [1.82, 2.24) is 29.9 Å². The minimum absolute atomic E-state index is 0.0797. The molecule has 3 heterocycles. The van der Waals surface area contributed by atoms with Crippen molar-refractivity contribution in [3.8, 4) is 0 Å². The predicted octanol–water partition coefficient (Wildman–Crippen LogP) is 2.20. The summed E-state index contributed by atoms with van der Waals surface area (Å²) in [5, 5.41) is 10.5. The fourth-order valence-corrected chi connectivity index (χ4v) is 3.37. The molecule has 134 valence electrons. The molecule has 26 heavy (non-hydrogen) atoms. The van der Waals surface area contributed by atoms with Gasteiger partial charge in [0.2, 0.25) is 0 Å². The lowest BCUT2D eigenvalue weighted by Gasteiger charge is -2.35. The lowest BCUT2D eigenvalue weighted by Crippen LogP contribution is -2.43. The Morgan fingerprint density at radius 1 is 1.31 bits per heavy atom. The van der Waals surface area contributed by atoms with Crippen molar-refractivity contribution >= 4 is 29.0 Å². The normalized spacial score (nSPS) is 19.2. The summed E-state index contributed by atoms with van der Waals surface area (Å²) >= 11 is 6.28. The van der Waals surface area contributed by atoms with Crippen LogP contribution in [0.1, 0.15) is 40.5 Å². The van der Waals surface area contributed by atoms with Crippen LogP contribution in [0.3, 0.4) is 0 Å². The minimum atomic E-state index is -0.278. The van der Waals surface area contributed by atoms with Gasteiger partial charge in [0.05, 0.1) is 0 Å². The van der Waals surface area contributed by atoms with Crippen LogP contribution < -0.4 is 10.6 Å². The van der Waals surface area contributed by atoms with Crippen molar-refractivity contribution in [2.24, 2.45) is 0 Å². The third-order valence-corrected chi connectivity index (χ3v) is 4.94. The van der Waals surface area contributed by atoms with Gasteiger partial charge in [-0.1, -0.05) is 11.6 Å². The van der Waals surface area contributed by atoms with Gasteiger partial charge in [-0.2, -0.15) is 5.10 Å². The van der Waals surface area contributed by atoms with Crippen LogP contribution >= 0.6 is 11.6 Å². The summed E-state index contributed by atoms with van der Waals surface area (Å²) in [4.78, 5) is 25.2. The van der Waals surface area contributed by atoms with Crippen LogP contribution in [0.15, 0.2) is 24.8 Å². The SMILES string of the molecule is CNc1cc(C2CC(NC(=O)c3nn4cc(C)cnc4c3Cl)C2)ncn1. The standard InChI is InChI=1S/C17H18ClN7O/c1-9-6-20-16-14(18)15(24-25(16)7-9)17(26)23-11-3-10(4-11)12-5-13(19-2)22-8-21-12/h5-8,10-11H,3-4H2,1-2H3,(H,23,26)(H,19,21,22). The number of carbonyl (C=O) groups is 1. The molecule has 0 aromatic carbocycles. The molecule has 2 N–H and O–H groups in total. The number of carbonyl (C=O) groups excluding carboxylic acids is 1. The van der Waals surface area contributed by atoms with E-state index in [-0.39, 0.29) is 22.7 Å². The second-order valence-electron chi connectivity index (χ2n) is 6.48. The van der Waals surface area contributed by atoms with E-state index in [0.717, 1.165) is 29.9 Å². The molecule has 1 aliphatic rings. The van der Waals surface area contributed by atoms with Crippen LogP contribution in [0.25, 0.3) is 5.65 Å². The number of nitrogens with one attached hydrogen (secondary N) is 2. The van der Waals surface area contributed by atoms with Gasteiger partial charge in [-0.25, -0.2) is 19.5 Å². The number of aromatic nitrogens is 5. The van der Waals surface area contributed by atoms with Gasteiger partial charge < -0.3 is 10.6 Å². The molecule has 9 heteroatoms. The molecule has 1 aliphatic carbocycles. The van der Waals surface area contributed by atoms with E-state index in [1.165, 1.54) is 4.52 Å². The molecule has 3 aromatic heterocycles. The van der Waals surface area contributed by atoms with Crippen molar-refractivity contribution in [2.75, 3.05) is 12.4 Å². The maximum Gasteiger partial charge on any atom is 0.273 e. The minimum Gasteiger partial charge on any atom is -0.373 e. The summed E-state index contributed by atoms with van der Waals surface area (Å²) in [6, 6.07) is 2.02. The summed E-state index contributed by atoms with van der Waals surface area (Å²) < 4.78 is 1.54. The molecular formula is C17H18ClN7O. The summed E-state index contributed by atoms with van der Waals surface area (Å²) in [5.74, 6) is 0.832. The number of anilines is 1. The summed E-state index contributed by atoms with van der Waals surface area (Å²) in [6.07, 6.45) is 6.70. The molecule has 4 rings (SSSR count). The van der Waals surface area contributed by atoms with Crippen molar-refractivity contribution in [3.63, 3.8) is 0 Å². The van der Waals surface area contributed by atoms with Crippen LogP contribution in [0.5, 0.6) is 0 Å². The van der Waals surface area contributed by atoms with Crippen LogP contribution in [-0.4, -0.2) is 43.6 Å². The zero-order valence-corrected chi connectivity index (χ0v) is 15.2. The van der Waals surface area contributed by atoms with Gasteiger partial charge in [0, 0.05) is 43.2 Å². The first kappa shape index (κ1) is 16.7. The Bertz CT molecular complexity index is 980. The van der Waals surface area contributed by atoms with Gasteiger partial charge >= 0.3 is 0 Å². The number of hydrogen-bond donors (Lipinski definition) is 2. The van der Waals surface area contributed by atoms with E-state index in [9.17, 15) is 4.79 Å². The van der Waals surface area contributed by atoms with Gasteiger partial charge in [0.1, 0.15) is 17.2 Å². The number of halogens is 1. The maximum atomic E-state index is 12.5. The molecule has 0 unspecified atom stereocenters. The Morgan fingerprint density at radius 3 is 2.88 bits per heavy atom. The van der Waals surface area contributed by atoms with Crippen molar-refractivity contribution < 1.29 is 4.79 Å². The van der Waals surface area contributed by atoms with E-state index in [4.69, 9.17) is 11.6 Å². The van der Waals surface area contributed by atoms with E-state index in [1.54, 1.807) is 18.7 Å². The van der Waals surface area contributed by atoms with E-state index in [1.807, 2.05) is 20.0 Å². The van der Waals surface area contributed by atoms with Gasteiger partial charge in [0.15, 0.2) is 11.3 Å². The highest BCUT2D eigenvalue weighted by atomic mass is 35.5. The first-order valence-corrected chi connectivity index (χ1v) is 8.74. The van der Waals surface area contributed by atoms with Crippen LogP contribution in [0.4, 0.5) is 5.82 Å². The molecule has 0 spiro atoms. The fraction of sp³-hybridized carbons (Fsp3) is 0.353. The number of amides is 1. The molecule has 0 bridgehead atoms. The van der Waals surface area contributed by atoms with E-state index >= 15 is 0 Å². The lowest BCUT2D eigenvalue weighted by atomic mass is 9.78. The maximum absolute atomic E-state index is 12.5. The first-order chi connectivity index (χ1) is 12.5. The number of aryl methyl sites for hydroxylation is 1. The molecule has 0 radical (unpaired) electrons. The monoisotopic (exact) mass is 371 g/mol. The van der Waals surface area contributed by atoms with E-state index in [2.05, 4.69) is 30.7 Å². The zero-order valence-electron chi connectivity index (χ0n) is 14.4. The molecular weight excluding hydrogens is 354 g/mol. The molecule has 8 nitrogen and oxygen atoms in total. The molecule has 0 aliphatic heterocycles. The average molecular weight is 372 g/mol. The van der Waals surface area contributed by atoms with Gasteiger partial charge in [-0.3, -0.25) is 4.79 Å². The third kappa shape index (κ3) is 2.96. The van der Waals surface area contributed by atoms with Gasteiger partial charge in [-0.05, 0) is 25.3 Å². The molecule has 1 fully saturated rings. The van der Waals surface area contributed by atoms with E-state index in [0.29, 0.717) is 11.6 Å². The van der Waals surface area contributed by atoms with Crippen molar-refractivity contribution in [2.45, 2.75) is 31.7 Å². The molecule has 0 saturated heterocycles. The number of rotatable bonds is 4. The Kier molecular flexibility index (Phi) is 4.20. The van der Waals surface area contributed by atoms with E-state index < -0.39 is 0 Å². The summed E-state index contributed by atoms with van der Waals surface area (Å²) in [7, 11) is 1.82. The van der Waals surface area contributed by atoms with Gasteiger partial charge in [-0.15, -0.1) is 0 Å². The fourth-order valence-electron chi connectivity index (χ4n) is 3.11. The van der Waals surface area contributed by atoms with Crippen LogP contribution in [0.2, 0.25) is 5.02 Å². The number of nitrogens with zero attached hydrogens (tertiary/aromatic N) is 5. The summed E-state index contributed by atoms with van der Waals surface area (Å²) in [6.45, 7) is 1.91. The Hall–Kier alpha value is -2.74.